The number of halogens is 1. The average molecular weight is 324 g/mol. The summed E-state index contributed by atoms with van der Waals surface area (Å²) in [5, 5.41) is 10.7. The normalized spacial score (nSPS) is 11.9. The number of rotatable bonds is 4. The van der Waals surface area contributed by atoms with Gasteiger partial charge in [0.15, 0.2) is 10.8 Å². The van der Waals surface area contributed by atoms with Gasteiger partial charge in [0, 0.05) is 24.2 Å². The third-order valence-corrected chi connectivity index (χ3v) is 4.72. The highest BCUT2D eigenvalue weighted by Gasteiger charge is 2.19. The van der Waals surface area contributed by atoms with Crippen molar-refractivity contribution in [3.05, 3.63) is 33.7 Å². The Kier molecular flexibility index (Phi) is 3.77. The molecule has 5 nitrogen and oxygen atoms in total. The molecular formula is C14H18ClN5S. The van der Waals surface area contributed by atoms with Crippen LogP contribution in [0.3, 0.4) is 0 Å². The van der Waals surface area contributed by atoms with E-state index >= 15 is 0 Å². The van der Waals surface area contributed by atoms with Crippen molar-refractivity contribution in [2.24, 2.45) is 0 Å². The first-order chi connectivity index (χ1) is 9.99. The smallest absolute Gasteiger partial charge is 0.196 e. The maximum Gasteiger partial charge on any atom is 0.196 e. The third kappa shape index (κ3) is 2.47. The van der Waals surface area contributed by atoms with Gasteiger partial charge in [-0.25, -0.2) is 4.68 Å². The first kappa shape index (κ1) is 14.6. The number of nitrogens with zero attached hydrogens (tertiary/aromatic N) is 4. The summed E-state index contributed by atoms with van der Waals surface area (Å²) in [5.74, 6) is 0.850. The van der Waals surface area contributed by atoms with Gasteiger partial charge in [0.1, 0.15) is 0 Å². The lowest BCUT2D eigenvalue weighted by Crippen LogP contribution is -2.23. The summed E-state index contributed by atoms with van der Waals surface area (Å²) in [6.07, 6.45) is 2.04. The van der Waals surface area contributed by atoms with Gasteiger partial charge in [0.05, 0.1) is 22.1 Å². The Bertz CT molecular complexity index is 783. The van der Waals surface area contributed by atoms with E-state index in [1.54, 1.807) is 11.3 Å². The zero-order chi connectivity index (χ0) is 15.1. The number of fused-ring (bicyclic) bond motifs is 1. The number of hydrogen-bond acceptors (Lipinski definition) is 4. The highest BCUT2D eigenvalue weighted by Crippen LogP contribution is 2.26. The Labute approximate surface area is 132 Å². The highest BCUT2D eigenvalue weighted by atomic mass is 35.5. The molecule has 0 aromatic carbocycles. The molecular weight excluding hydrogens is 306 g/mol. The summed E-state index contributed by atoms with van der Waals surface area (Å²) >= 11 is 7.89. The minimum absolute atomic E-state index is 0.408. The third-order valence-electron chi connectivity index (χ3n) is 3.42. The Morgan fingerprint density at radius 3 is 2.76 bits per heavy atom. The van der Waals surface area contributed by atoms with Gasteiger partial charge in [-0.05, 0) is 13.8 Å². The molecule has 0 unspecified atom stereocenters. The Morgan fingerprint density at radius 2 is 2.14 bits per heavy atom. The summed E-state index contributed by atoms with van der Waals surface area (Å²) in [7, 11) is 0. The maximum atomic E-state index is 6.27. The van der Waals surface area contributed by atoms with Crippen molar-refractivity contribution in [2.45, 2.75) is 40.3 Å². The Balaban J connectivity index is 2.14. The molecule has 0 aliphatic rings. The number of nitrogens with one attached hydrogen (secondary N) is 1. The molecule has 112 valence electrons. The predicted octanol–water partition coefficient (Wildman–Crippen LogP) is 3.35. The van der Waals surface area contributed by atoms with Gasteiger partial charge in [-0.1, -0.05) is 25.4 Å². The molecule has 0 aliphatic carbocycles. The minimum Gasteiger partial charge on any atom is -0.309 e. The Hall–Kier alpha value is -1.37. The van der Waals surface area contributed by atoms with Crippen LogP contribution in [0.4, 0.5) is 0 Å². The van der Waals surface area contributed by atoms with Gasteiger partial charge >= 0.3 is 0 Å². The average Bonchev–Trinajstić information content (AvgIpc) is 3.06. The van der Waals surface area contributed by atoms with Gasteiger partial charge in [-0.3, -0.25) is 4.40 Å². The van der Waals surface area contributed by atoms with E-state index < -0.39 is 0 Å². The van der Waals surface area contributed by atoms with Crippen molar-refractivity contribution >= 4 is 27.9 Å². The largest absolute Gasteiger partial charge is 0.309 e. The minimum atomic E-state index is 0.408. The lowest BCUT2D eigenvalue weighted by Gasteiger charge is -2.10. The number of imidazole rings is 1. The zero-order valence-corrected chi connectivity index (χ0v) is 14.1. The lowest BCUT2D eigenvalue weighted by molar-refractivity contribution is 0.576. The second-order valence-corrected chi connectivity index (χ2v) is 6.62. The van der Waals surface area contributed by atoms with Crippen LogP contribution in [0.15, 0.2) is 11.6 Å². The molecule has 0 bridgehead atoms. The van der Waals surface area contributed by atoms with Gasteiger partial charge in [0.25, 0.3) is 0 Å². The number of thiazole rings is 1. The maximum absolute atomic E-state index is 6.27. The van der Waals surface area contributed by atoms with Gasteiger partial charge < -0.3 is 5.32 Å². The van der Waals surface area contributed by atoms with Crippen LogP contribution < -0.4 is 5.32 Å². The molecule has 0 saturated carbocycles. The van der Waals surface area contributed by atoms with Crippen LogP contribution in [0.5, 0.6) is 0 Å². The summed E-state index contributed by atoms with van der Waals surface area (Å²) in [6, 6.07) is 0.408. The fourth-order valence-corrected chi connectivity index (χ4v) is 3.13. The van der Waals surface area contributed by atoms with E-state index in [-0.39, 0.29) is 0 Å². The van der Waals surface area contributed by atoms with Crippen LogP contribution in [-0.4, -0.2) is 25.2 Å². The second-order valence-electron chi connectivity index (χ2n) is 5.37. The standard InChI is InChI=1S/C14H18ClN5S/c1-8(2)16-7-11-13(17-14-19(11)5-6-21-14)20-10(4)12(15)9(3)18-20/h5-6,8,16H,7H2,1-4H3. The molecule has 3 heterocycles. The van der Waals surface area contributed by atoms with E-state index in [0.717, 1.165) is 34.4 Å². The van der Waals surface area contributed by atoms with E-state index in [4.69, 9.17) is 16.6 Å². The van der Waals surface area contributed by atoms with Crippen molar-refractivity contribution in [1.29, 1.82) is 0 Å². The van der Waals surface area contributed by atoms with Crippen LogP contribution in [-0.2, 0) is 6.54 Å². The van der Waals surface area contributed by atoms with E-state index in [1.165, 1.54) is 0 Å². The molecule has 21 heavy (non-hydrogen) atoms. The zero-order valence-electron chi connectivity index (χ0n) is 12.5. The SMILES string of the molecule is Cc1nn(-c2nc3sccn3c2CNC(C)C)c(C)c1Cl. The van der Waals surface area contributed by atoms with E-state index in [1.807, 2.05) is 30.1 Å². The van der Waals surface area contributed by atoms with Gasteiger partial charge in [-0.15, -0.1) is 11.3 Å². The Morgan fingerprint density at radius 1 is 1.38 bits per heavy atom. The molecule has 3 aromatic rings. The van der Waals surface area contributed by atoms with Crippen molar-refractivity contribution < 1.29 is 0 Å². The molecule has 0 saturated heterocycles. The summed E-state index contributed by atoms with van der Waals surface area (Å²) in [4.78, 5) is 5.69. The monoisotopic (exact) mass is 323 g/mol. The van der Waals surface area contributed by atoms with E-state index in [2.05, 4.69) is 28.7 Å². The van der Waals surface area contributed by atoms with E-state index in [9.17, 15) is 0 Å². The van der Waals surface area contributed by atoms with Crippen molar-refractivity contribution in [3.8, 4) is 5.82 Å². The quantitative estimate of drug-likeness (QED) is 0.801. The first-order valence-electron chi connectivity index (χ1n) is 6.89. The van der Waals surface area contributed by atoms with Crippen LogP contribution in [0, 0.1) is 13.8 Å². The molecule has 0 spiro atoms. The van der Waals surface area contributed by atoms with Crippen LogP contribution >= 0.6 is 22.9 Å². The predicted molar refractivity (Wildman–Crippen MR) is 86.7 cm³/mol. The van der Waals surface area contributed by atoms with Gasteiger partial charge in [0.2, 0.25) is 0 Å². The van der Waals surface area contributed by atoms with Crippen LogP contribution in [0.2, 0.25) is 5.02 Å². The number of aromatic nitrogens is 4. The fourth-order valence-electron chi connectivity index (χ4n) is 2.29. The molecule has 0 atom stereocenters. The molecule has 1 N–H and O–H groups in total. The summed E-state index contributed by atoms with van der Waals surface area (Å²) in [5.41, 5.74) is 2.85. The molecule has 0 aliphatic heterocycles. The molecule has 0 radical (unpaired) electrons. The van der Waals surface area contributed by atoms with Crippen LogP contribution in [0.1, 0.15) is 30.9 Å². The van der Waals surface area contributed by atoms with Crippen LogP contribution in [0.25, 0.3) is 10.8 Å². The van der Waals surface area contributed by atoms with Gasteiger partial charge in [-0.2, -0.15) is 10.1 Å². The fraction of sp³-hybridized carbons (Fsp3) is 0.429. The second kappa shape index (κ2) is 5.44. The molecule has 0 amide bonds. The summed E-state index contributed by atoms with van der Waals surface area (Å²) < 4.78 is 3.95. The molecule has 7 heteroatoms. The molecule has 3 rings (SSSR count). The topological polar surface area (TPSA) is 47.2 Å². The number of aryl methyl sites for hydroxylation is 1. The first-order valence-corrected chi connectivity index (χ1v) is 8.14. The van der Waals surface area contributed by atoms with E-state index in [0.29, 0.717) is 11.1 Å². The highest BCUT2D eigenvalue weighted by molar-refractivity contribution is 7.15. The van der Waals surface area contributed by atoms with Crippen molar-refractivity contribution in [2.75, 3.05) is 0 Å². The molecule has 0 fully saturated rings. The summed E-state index contributed by atoms with van der Waals surface area (Å²) in [6.45, 7) is 8.88. The lowest BCUT2D eigenvalue weighted by atomic mass is 10.3. The molecule has 3 aromatic heterocycles. The number of hydrogen-bond donors (Lipinski definition) is 1. The van der Waals surface area contributed by atoms with Crippen molar-refractivity contribution in [1.82, 2.24) is 24.5 Å². The van der Waals surface area contributed by atoms with Crippen molar-refractivity contribution in [3.63, 3.8) is 0 Å².